The summed E-state index contributed by atoms with van der Waals surface area (Å²) in [7, 11) is 1.81. The molecule has 0 unspecified atom stereocenters. The van der Waals surface area contributed by atoms with E-state index in [9.17, 15) is 14.4 Å². The van der Waals surface area contributed by atoms with Crippen LogP contribution in [0.3, 0.4) is 0 Å². The van der Waals surface area contributed by atoms with Gasteiger partial charge in [-0.25, -0.2) is 4.79 Å². The molecule has 1 heterocycles. The predicted octanol–water partition coefficient (Wildman–Crippen LogP) is 4.55. The van der Waals surface area contributed by atoms with Gasteiger partial charge in [0.2, 0.25) is 5.91 Å². The maximum atomic E-state index is 12.9. The molecule has 0 bridgehead atoms. The van der Waals surface area contributed by atoms with Gasteiger partial charge in [0.15, 0.2) is 11.0 Å². The zero-order chi connectivity index (χ0) is 27.1. The Kier molecular flexibility index (Phi) is 9.46. The molecule has 3 aromatic rings. The second kappa shape index (κ2) is 12.5. The van der Waals surface area contributed by atoms with Gasteiger partial charge in [0.25, 0.3) is 5.91 Å². The van der Waals surface area contributed by atoms with Crippen LogP contribution < -0.4 is 10.6 Å². The molecule has 3 rings (SSSR count). The highest BCUT2D eigenvalue weighted by molar-refractivity contribution is 7.99. The summed E-state index contributed by atoms with van der Waals surface area (Å²) in [5, 5.41) is 15.0. The summed E-state index contributed by atoms with van der Waals surface area (Å²) >= 11 is 1.23. The van der Waals surface area contributed by atoms with Crippen molar-refractivity contribution in [1.82, 2.24) is 20.1 Å². The fourth-order valence-electron chi connectivity index (χ4n) is 3.60. The van der Waals surface area contributed by atoms with Crippen molar-refractivity contribution in [3.8, 4) is 0 Å². The Balaban J connectivity index is 1.63. The number of carbonyl (C=O) groups excluding carboxylic acids is 3. The third-order valence-electron chi connectivity index (χ3n) is 5.44. The lowest BCUT2D eigenvalue weighted by Gasteiger charge is -2.21. The standard InChI is InChI=1S/C27H33N5O4S/c1-16(2)23(29-25(34)19-10-7-9-18(5)13-19)24-30-31-27(32(24)6)37-15-22(33)28-21-12-8-11-20(14-21)26(35)36-17(3)4/h7-14,16-17,23H,15H2,1-6H3,(H,28,33)(H,29,34)/t23-/m1/s1. The molecular formula is C27H33N5O4S. The third kappa shape index (κ3) is 7.66. The summed E-state index contributed by atoms with van der Waals surface area (Å²) in [6.07, 6.45) is -0.232. The number of thioether (sulfide) groups is 1. The first kappa shape index (κ1) is 27.9. The van der Waals surface area contributed by atoms with Crippen LogP contribution in [0.5, 0.6) is 0 Å². The fraction of sp³-hybridized carbons (Fsp3) is 0.370. The average Bonchev–Trinajstić information content (AvgIpc) is 3.20. The number of benzene rings is 2. The molecule has 196 valence electrons. The van der Waals surface area contributed by atoms with Gasteiger partial charge in [-0.05, 0) is 57.0 Å². The van der Waals surface area contributed by atoms with E-state index in [1.807, 2.05) is 46.0 Å². The predicted molar refractivity (Wildman–Crippen MR) is 144 cm³/mol. The third-order valence-corrected chi connectivity index (χ3v) is 6.46. The Morgan fingerprint density at radius 1 is 1.00 bits per heavy atom. The van der Waals surface area contributed by atoms with Crippen LogP contribution in [0.2, 0.25) is 0 Å². The number of aryl methyl sites for hydroxylation is 1. The normalized spacial score (nSPS) is 11.9. The highest BCUT2D eigenvalue weighted by Crippen LogP contribution is 2.25. The van der Waals surface area contributed by atoms with E-state index in [1.165, 1.54) is 11.8 Å². The lowest BCUT2D eigenvalue weighted by molar-refractivity contribution is -0.113. The zero-order valence-electron chi connectivity index (χ0n) is 21.9. The van der Waals surface area contributed by atoms with Crippen LogP contribution in [-0.4, -0.2) is 44.4 Å². The van der Waals surface area contributed by atoms with E-state index < -0.39 is 5.97 Å². The molecule has 0 fully saturated rings. The van der Waals surface area contributed by atoms with Crippen molar-refractivity contribution < 1.29 is 19.1 Å². The lowest BCUT2D eigenvalue weighted by atomic mass is 10.0. The molecule has 0 radical (unpaired) electrons. The van der Waals surface area contributed by atoms with E-state index in [0.29, 0.717) is 27.8 Å². The number of nitrogens with one attached hydrogen (secondary N) is 2. The minimum Gasteiger partial charge on any atom is -0.459 e. The van der Waals surface area contributed by atoms with E-state index in [4.69, 9.17) is 4.74 Å². The van der Waals surface area contributed by atoms with Gasteiger partial charge in [-0.3, -0.25) is 9.59 Å². The Bertz CT molecular complexity index is 1270. The van der Waals surface area contributed by atoms with Gasteiger partial charge in [0.1, 0.15) is 0 Å². The van der Waals surface area contributed by atoms with Gasteiger partial charge in [0.05, 0.1) is 23.5 Å². The van der Waals surface area contributed by atoms with Crippen LogP contribution in [0.15, 0.2) is 53.7 Å². The van der Waals surface area contributed by atoms with Gasteiger partial charge in [-0.1, -0.05) is 49.4 Å². The maximum absolute atomic E-state index is 12.9. The highest BCUT2D eigenvalue weighted by Gasteiger charge is 2.25. The minimum atomic E-state index is -0.443. The van der Waals surface area contributed by atoms with Crippen LogP contribution in [-0.2, 0) is 16.6 Å². The monoisotopic (exact) mass is 523 g/mol. The van der Waals surface area contributed by atoms with Crippen LogP contribution >= 0.6 is 11.8 Å². The van der Waals surface area contributed by atoms with Crippen molar-refractivity contribution in [2.75, 3.05) is 11.1 Å². The summed E-state index contributed by atoms with van der Waals surface area (Å²) in [5.74, 6) is -0.117. The average molecular weight is 524 g/mol. The molecule has 2 aromatic carbocycles. The number of carbonyl (C=O) groups is 3. The smallest absolute Gasteiger partial charge is 0.338 e. The Morgan fingerprint density at radius 2 is 1.70 bits per heavy atom. The van der Waals surface area contributed by atoms with Gasteiger partial charge >= 0.3 is 5.97 Å². The van der Waals surface area contributed by atoms with Crippen LogP contribution in [0, 0.1) is 12.8 Å². The van der Waals surface area contributed by atoms with Crippen molar-refractivity contribution in [2.45, 2.75) is 51.9 Å². The minimum absolute atomic E-state index is 0.0625. The molecule has 0 aliphatic heterocycles. The molecular weight excluding hydrogens is 490 g/mol. The summed E-state index contributed by atoms with van der Waals surface area (Å²) in [6.45, 7) is 9.50. The van der Waals surface area contributed by atoms with E-state index >= 15 is 0 Å². The van der Waals surface area contributed by atoms with Crippen LogP contribution in [0.4, 0.5) is 5.69 Å². The van der Waals surface area contributed by atoms with E-state index in [0.717, 1.165) is 5.56 Å². The molecule has 9 nitrogen and oxygen atoms in total. The molecule has 2 amide bonds. The number of ether oxygens (including phenoxy) is 1. The number of anilines is 1. The highest BCUT2D eigenvalue weighted by atomic mass is 32.2. The Hall–Kier alpha value is -3.66. The lowest BCUT2D eigenvalue weighted by Crippen LogP contribution is -2.33. The van der Waals surface area contributed by atoms with E-state index in [2.05, 4.69) is 20.8 Å². The number of rotatable bonds is 10. The van der Waals surface area contributed by atoms with E-state index in [-0.39, 0.29) is 35.6 Å². The van der Waals surface area contributed by atoms with Gasteiger partial charge in [-0.2, -0.15) is 0 Å². The van der Waals surface area contributed by atoms with Crippen molar-refractivity contribution in [1.29, 1.82) is 0 Å². The first-order valence-electron chi connectivity index (χ1n) is 12.1. The molecule has 0 saturated heterocycles. The second-order valence-corrected chi connectivity index (χ2v) is 10.3. The molecule has 1 aromatic heterocycles. The molecule has 0 spiro atoms. The Morgan fingerprint density at radius 3 is 2.38 bits per heavy atom. The van der Waals surface area contributed by atoms with Gasteiger partial charge in [0, 0.05) is 18.3 Å². The van der Waals surface area contributed by atoms with Crippen LogP contribution in [0.25, 0.3) is 0 Å². The number of hydrogen-bond donors (Lipinski definition) is 2. The largest absolute Gasteiger partial charge is 0.459 e. The number of hydrogen-bond acceptors (Lipinski definition) is 7. The summed E-state index contributed by atoms with van der Waals surface area (Å²) in [4.78, 5) is 37.6. The number of amides is 2. The number of nitrogens with zero attached hydrogens (tertiary/aromatic N) is 3. The van der Waals surface area contributed by atoms with Crippen LogP contribution in [0.1, 0.15) is 65.8 Å². The quantitative estimate of drug-likeness (QED) is 0.296. The van der Waals surface area contributed by atoms with Crippen molar-refractivity contribution in [2.24, 2.45) is 13.0 Å². The van der Waals surface area contributed by atoms with Gasteiger partial charge < -0.3 is 19.9 Å². The van der Waals surface area contributed by atoms with Crippen molar-refractivity contribution in [3.05, 3.63) is 71.0 Å². The molecule has 0 aliphatic rings. The van der Waals surface area contributed by atoms with Gasteiger partial charge in [-0.15, -0.1) is 10.2 Å². The molecule has 37 heavy (non-hydrogen) atoms. The molecule has 0 aliphatic carbocycles. The first-order chi connectivity index (χ1) is 17.5. The van der Waals surface area contributed by atoms with Crippen molar-refractivity contribution >= 4 is 35.2 Å². The zero-order valence-corrected chi connectivity index (χ0v) is 22.8. The Labute approximate surface area is 221 Å². The summed E-state index contributed by atoms with van der Waals surface area (Å²) in [6, 6.07) is 13.7. The number of esters is 1. The van der Waals surface area contributed by atoms with Crippen molar-refractivity contribution in [3.63, 3.8) is 0 Å². The molecule has 10 heteroatoms. The molecule has 0 saturated carbocycles. The first-order valence-corrected chi connectivity index (χ1v) is 13.0. The fourth-order valence-corrected chi connectivity index (χ4v) is 4.31. The molecule has 1 atom stereocenters. The molecule has 2 N–H and O–H groups in total. The topological polar surface area (TPSA) is 115 Å². The van der Waals surface area contributed by atoms with E-state index in [1.54, 1.807) is 48.7 Å². The number of aromatic nitrogens is 3. The summed E-state index contributed by atoms with van der Waals surface area (Å²) < 4.78 is 7.00. The maximum Gasteiger partial charge on any atom is 0.338 e. The summed E-state index contributed by atoms with van der Waals surface area (Å²) in [5.41, 5.74) is 2.46. The second-order valence-electron chi connectivity index (χ2n) is 9.34. The SMILES string of the molecule is Cc1cccc(C(=O)N[C@@H](c2nnc(SCC(=O)Nc3cccc(C(=O)OC(C)C)c3)n2C)C(C)C)c1.